The maximum atomic E-state index is 10.3. The third-order valence-corrected chi connectivity index (χ3v) is 0.735. The van der Waals surface area contributed by atoms with Crippen molar-refractivity contribution in [3.8, 4) is 0 Å². The van der Waals surface area contributed by atoms with Crippen molar-refractivity contribution in [3.05, 3.63) is 22.7 Å². The van der Waals surface area contributed by atoms with Crippen molar-refractivity contribution in [2.75, 3.05) is 5.73 Å². The highest BCUT2D eigenvalue weighted by Crippen LogP contribution is 1.80. The van der Waals surface area contributed by atoms with Crippen LogP contribution in [0.15, 0.2) is 17.1 Å². The molecule has 0 amide bonds. The summed E-state index contributed by atoms with van der Waals surface area (Å²) in [4.78, 5) is 15.0. The van der Waals surface area contributed by atoms with E-state index >= 15 is 0 Å². The van der Waals surface area contributed by atoms with Gasteiger partial charge in [0.25, 0.3) is 0 Å². The van der Waals surface area contributed by atoms with Gasteiger partial charge < -0.3 is 18.1 Å². The minimum atomic E-state index is -0.287. The van der Waals surface area contributed by atoms with Gasteiger partial charge in [-0.05, 0) is 0 Å². The molecule has 0 fully saturated rings. The zero-order chi connectivity index (χ0) is 5.98. The Hall–Kier alpha value is -1.03. The SMILES string of the molecule is Nc1cc[nH+]c(=O)[nH]1.[Cl-]. The van der Waals surface area contributed by atoms with E-state index in [1.54, 1.807) is 6.07 Å². The van der Waals surface area contributed by atoms with Crippen molar-refractivity contribution in [3.63, 3.8) is 0 Å². The molecule has 0 bridgehead atoms. The lowest BCUT2D eigenvalue weighted by molar-refractivity contribution is -0.402. The number of H-pyrrole nitrogens is 2. The third kappa shape index (κ3) is 2.14. The summed E-state index contributed by atoms with van der Waals surface area (Å²) in [6.45, 7) is 0. The smallest absolute Gasteiger partial charge is 0.495 e. The van der Waals surface area contributed by atoms with Crippen LogP contribution in [0.4, 0.5) is 5.82 Å². The van der Waals surface area contributed by atoms with Gasteiger partial charge in [-0.1, -0.05) is 0 Å². The number of anilines is 1. The van der Waals surface area contributed by atoms with Gasteiger partial charge in [-0.2, -0.15) is 9.78 Å². The van der Waals surface area contributed by atoms with Crippen LogP contribution in [0.1, 0.15) is 0 Å². The van der Waals surface area contributed by atoms with Gasteiger partial charge in [-0.3, -0.25) is 0 Å². The van der Waals surface area contributed by atoms with Crippen LogP contribution in [-0.2, 0) is 0 Å². The molecule has 4 N–H and O–H groups in total. The normalized spacial score (nSPS) is 8.00. The van der Waals surface area contributed by atoms with E-state index in [2.05, 4.69) is 9.97 Å². The summed E-state index contributed by atoms with van der Waals surface area (Å²) >= 11 is 0. The molecule has 50 valence electrons. The molecule has 0 aliphatic rings. The quantitative estimate of drug-likeness (QED) is 0.391. The number of nitrogens with one attached hydrogen (secondary N) is 2. The molecule has 0 atom stereocenters. The van der Waals surface area contributed by atoms with Gasteiger partial charge in [0.1, 0.15) is 0 Å². The Balaban J connectivity index is 0.000000640. The number of halogens is 1. The molecular weight excluding hydrogens is 142 g/mol. The van der Waals surface area contributed by atoms with E-state index < -0.39 is 0 Å². The Morgan fingerprint density at radius 1 is 1.67 bits per heavy atom. The molecule has 0 unspecified atom stereocenters. The Morgan fingerprint density at radius 2 is 2.33 bits per heavy atom. The topological polar surface area (TPSA) is 73.0 Å². The average molecular weight is 148 g/mol. The fourth-order valence-electron chi connectivity index (χ4n) is 0.416. The highest BCUT2D eigenvalue weighted by atomic mass is 35.5. The average Bonchev–Trinajstić information content (AvgIpc) is 1.64. The molecule has 0 spiro atoms. The molecule has 0 saturated carbocycles. The molecule has 5 heteroatoms. The van der Waals surface area contributed by atoms with E-state index in [4.69, 9.17) is 5.73 Å². The second-order valence-electron chi connectivity index (χ2n) is 1.39. The first kappa shape index (κ1) is 7.97. The van der Waals surface area contributed by atoms with E-state index in [0.29, 0.717) is 5.82 Å². The molecule has 0 radical (unpaired) electrons. The fraction of sp³-hybridized carbons (Fsp3) is 0. The summed E-state index contributed by atoms with van der Waals surface area (Å²) in [5.74, 6) is 0.369. The van der Waals surface area contributed by atoms with Crippen LogP contribution in [0.2, 0.25) is 0 Å². The number of nitrogen functional groups attached to an aromatic ring is 1. The second-order valence-corrected chi connectivity index (χ2v) is 1.39. The lowest BCUT2D eigenvalue weighted by Gasteiger charge is -1.77. The number of nitrogens with two attached hydrogens (primary N) is 1. The molecule has 0 saturated heterocycles. The summed E-state index contributed by atoms with van der Waals surface area (Å²) in [6.07, 6.45) is 1.48. The largest absolute Gasteiger partial charge is 1.00 e. The van der Waals surface area contributed by atoms with Gasteiger partial charge >= 0.3 is 5.69 Å². The second kappa shape index (κ2) is 3.09. The summed E-state index contributed by atoms with van der Waals surface area (Å²) < 4.78 is 0. The first-order valence-electron chi connectivity index (χ1n) is 2.15. The molecule has 0 aromatic carbocycles. The zero-order valence-corrected chi connectivity index (χ0v) is 5.27. The van der Waals surface area contributed by atoms with Gasteiger partial charge in [0, 0.05) is 6.07 Å². The lowest BCUT2D eigenvalue weighted by Crippen LogP contribution is -3.00. The van der Waals surface area contributed by atoms with Crippen LogP contribution in [0, 0.1) is 0 Å². The van der Waals surface area contributed by atoms with Crippen LogP contribution in [0.25, 0.3) is 0 Å². The Morgan fingerprint density at radius 3 is 2.67 bits per heavy atom. The molecular formula is C4H6ClN3O. The monoisotopic (exact) mass is 147 g/mol. The van der Waals surface area contributed by atoms with Crippen LogP contribution in [0.5, 0.6) is 0 Å². The number of aromatic nitrogens is 2. The van der Waals surface area contributed by atoms with Gasteiger partial charge in [-0.15, -0.1) is 0 Å². The minimum absolute atomic E-state index is 0. The van der Waals surface area contributed by atoms with E-state index in [-0.39, 0.29) is 18.1 Å². The molecule has 4 nitrogen and oxygen atoms in total. The highest BCUT2D eigenvalue weighted by molar-refractivity contribution is 5.21. The van der Waals surface area contributed by atoms with Crippen molar-refractivity contribution in [1.29, 1.82) is 0 Å². The lowest BCUT2D eigenvalue weighted by atomic mass is 10.6. The molecule has 1 aromatic rings. The van der Waals surface area contributed by atoms with Crippen molar-refractivity contribution in [2.45, 2.75) is 0 Å². The van der Waals surface area contributed by atoms with Crippen LogP contribution < -0.4 is 28.8 Å². The predicted octanol–water partition coefficient (Wildman–Crippen LogP) is -4.22. The fourth-order valence-corrected chi connectivity index (χ4v) is 0.416. The van der Waals surface area contributed by atoms with E-state index in [9.17, 15) is 4.79 Å². The molecule has 1 heterocycles. The van der Waals surface area contributed by atoms with E-state index in [1.807, 2.05) is 0 Å². The molecule has 1 rings (SSSR count). The number of rotatable bonds is 0. The third-order valence-electron chi connectivity index (χ3n) is 0.735. The molecule has 0 aliphatic heterocycles. The Bertz CT molecular complexity index is 233. The van der Waals surface area contributed by atoms with Crippen molar-refractivity contribution in [2.24, 2.45) is 0 Å². The molecule has 9 heavy (non-hydrogen) atoms. The zero-order valence-electron chi connectivity index (χ0n) is 4.52. The van der Waals surface area contributed by atoms with Crippen molar-refractivity contribution >= 4 is 5.82 Å². The summed E-state index contributed by atoms with van der Waals surface area (Å²) in [7, 11) is 0. The molecule has 0 aliphatic carbocycles. The van der Waals surface area contributed by atoms with E-state index in [1.165, 1.54) is 6.20 Å². The summed E-state index contributed by atoms with van der Waals surface area (Å²) in [6, 6.07) is 1.57. The summed E-state index contributed by atoms with van der Waals surface area (Å²) in [5.41, 5.74) is 4.90. The Labute approximate surface area is 57.5 Å². The predicted molar refractivity (Wildman–Crippen MR) is 28.0 cm³/mol. The van der Waals surface area contributed by atoms with Crippen molar-refractivity contribution in [1.82, 2.24) is 4.98 Å². The first-order valence-corrected chi connectivity index (χ1v) is 2.15. The summed E-state index contributed by atoms with van der Waals surface area (Å²) in [5, 5.41) is 0. The maximum Gasteiger partial charge on any atom is 0.495 e. The number of hydrogen-bond donors (Lipinski definition) is 2. The maximum absolute atomic E-state index is 10.3. The van der Waals surface area contributed by atoms with Gasteiger partial charge in [0.05, 0.1) is 6.20 Å². The van der Waals surface area contributed by atoms with Crippen LogP contribution in [-0.4, -0.2) is 4.98 Å². The van der Waals surface area contributed by atoms with E-state index in [0.717, 1.165) is 0 Å². The number of aromatic amines is 2. The van der Waals surface area contributed by atoms with Gasteiger partial charge in [-0.25, -0.2) is 4.98 Å². The van der Waals surface area contributed by atoms with Crippen LogP contribution in [0.3, 0.4) is 0 Å². The highest BCUT2D eigenvalue weighted by Gasteiger charge is 1.89. The first-order chi connectivity index (χ1) is 3.79. The van der Waals surface area contributed by atoms with Crippen LogP contribution >= 0.6 is 0 Å². The van der Waals surface area contributed by atoms with Gasteiger partial charge in [0.15, 0.2) is 5.82 Å². The minimum Gasteiger partial charge on any atom is -1.00 e. The molecule has 1 aromatic heterocycles. The standard InChI is InChI=1S/C4H5N3O.ClH/c5-3-1-2-6-4(8)7-3;/h1-2H,(H3,5,6,7,8);1H. The Kier molecular flexibility index (Phi) is 2.73. The number of hydrogen-bond acceptors (Lipinski definition) is 2. The van der Waals surface area contributed by atoms with Gasteiger partial charge in [0.2, 0.25) is 0 Å². The van der Waals surface area contributed by atoms with Crippen molar-refractivity contribution < 1.29 is 17.4 Å².